The lowest BCUT2D eigenvalue weighted by atomic mass is 10.2. The van der Waals surface area contributed by atoms with E-state index in [1.807, 2.05) is 6.26 Å². The SMILES string of the molecule is CSc1ncc(C=O)c(NCCNC(=O)OC(C)(C)C)n1. The summed E-state index contributed by atoms with van der Waals surface area (Å²) in [6.45, 7) is 6.17. The molecular formula is C13H20N4O3S. The summed E-state index contributed by atoms with van der Waals surface area (Å²) < 4.78 is 5.11. The van der Waals surface area contributed by atoms with Gasteiger partial charge in [-0.15, -0.1) is 0 Å². The van der Waals surface area contributed by atoms with Crippen LogP contribution in [0.2, 0.25) is 0 Å². The first-order valence-electron chi connectivity index (χ1n) is 6.42. The van der Waals surface area contributed by atoms with Crippen molar-refractivity contribution in [2.24, 2.45) is 0 Å². The van der Waals surface area contributed by atoms with Crippen LogP contribution < -0.4 is 10.6 Å². The van der Waals surface area contributed by atoms with Crippen LogP contribution >= 0.6 is 11.8 Å². The smallest absolute Gasteiger partial charge is 0.407 e. The molecule has 0 saturated carbocycles. The monoisotopic (exact) mass is 312 g/mol. The summed E-state index contributed by atoms with van der Waals surface area (Å²) in [5, 5.41) is 6.18. The Labute approximate surface area is 128 Å². The van der Waals surface area contributed by atoms with Crippen molar-refractivity contribution in [1.29, 1.82) is 0 Å². The predicted octanol–water partition coefficient (Wildman–Crippen LogP) is 1.95. The van der Waals surface area contributed by atoms with Crippen molar-refractivity contribution in [3.05, 3.63) is 11.8 Å². The van der Waals surface area contributed by atoms with Crippen LogP contribution in [0.25, 0.3) is 0 Å². The first kappa shape index (κ1) is 17.2. The molecule has 0 atom stereocenters. The van der Waals surface area contributed by atoms with Gasteiger partial charge in [0.1, 0.15) is 11.4 Å². The van der Waals surface area contributed by atoms with Crippen LogP contribution in [0.15, 0.2) is 11.4 Å². The predicted molar refractivity (Wildman–Crippen MR) is 81.9 cm³/mol. The number of hydrogen-bond acceptors (Lipinski definition) is 7. The van der Waals surface area contributed by atoms with Gasteiger partial charge < -0.3 is 15.4 Å². The summed E-state index contributed by atoms with van der Waals surface area (Å²) in [7, 11) is 0. The Kier molecular flexibility index (Phi) is 6.41. The average molecular weight is 312 g/mol. The number of rotatable bonds is 6. The fourth-order valence-corrected chi connectivity index (χ4v) is 1.70. The van der Waals surface area contributed by atoms with Gasteiger partial charge in [0.2, 0.25) is 0 Å². The number of nitrogens with zero attached hydrogens (tertiary/aromatic N) is 2. The van der Waals surface area contributed by atoms with Crippen LogP contribution in [0.5, 0.6) is 0 Å². The van der Waals surface area contributed by atoms with E-state index >= 15 is 0 Å². The van der Waals surface area contributed by atoms with Crippen molar-refractivity contribution in [2.75, 3.05) is 24.7 Å². The molecule has 0 aliphatic carbocycles. The average Bonchev–Trinajstić information content (AvgIpc) is 2.41. The second-order valence-electron chi connectivity index (χ2n) is 5.13. The van der Waals surface area contributed by atoms with E-state index in [-0.39, 0.29) is 0 Å². The lowest BCUT2D eigenvalue weighted by Gasteiger charge is -2.19. The van der Waals surface area contributed by atoms with Crippen molar-refractivity contribution in [1.82, 2.24) is 15.3 Å². The minimum atomic E-state index is -0.526. The molecule has 116 valence electrons. The molecule has 0 spiro atoms. The third-order valence-corrected chi connectivity index (χ3v) is 2.75. The molecule has 1 aromatic heterocycles. The second-order valence-corrected chi connectivity index (χ2v) is 5.91. The highest BCUT2D eigenvalue weighted by atomic mass is 32.2. The van der Waals surface area contributed by atoms with Gasteiger partial charge in [-0.2, -0.15) is 0 Å². The molecule has 0 saturated heterocycles. The number of aldehydes is 1. The van der Waals surface area contributed by atoms with Crippen LogP contribution in [0, 0.1) is 0 Å². The molecule has 8 heteroatoms. The number of carbonyl (C=O) groups excluding carboxylic acids is 2. The maximum Gasteiger partial charge on any atom is 0.407 e. The number of alkyl carbamates (subject to hydrolysis) is 1. The number of nitrogens with one attached hydrogen (secondary N) is 2. The largest absolute Gasteiger partial charge is 0.444 e. The summed E-state index contributed by atoms with van der Waals surface area (Å²) in [5.41, 5.74) is -0.146. The van der Waals surface area contributed by atoms with Crippen LogP contribution in [0.4, 0.5) is 10.6 Å². The molecule has 0 radical (unpaired) electrons. The first-order valence-corrected chi connectivity index (χ1v) is 7.65. The number of amides is 1. The van der Waals surface area contributed by atoms with Gasteiger partial charge in [-0.25, -0.2) is 14.8 Å². The minimum absolute atomic E-state index is 0.353. The minimum Gasteiger partial charge on any atom is -0.444 e. The third-order valence-electron chi connectivity index (χ3n) is 2.19. The topological polar surface area (TPSA) is 93.2 Å². The molecule has 0 unspecified atom stereocenters. The Bertz CT molecular complexity index is 503. The van der Waals surface area contributed by atoms with Gasteiger partial charge >= 0.3 is 6.09 Å². The lowest BCUT2D eigenvalue weighted by molar-refractivity contribution is 0.0530. The maximum atomic E-state index is 11.4. The Morgan fingerprint density at radius 1 is 1.43 bits per heavy atom. The highest BCUT2D eigenvalue weighted by molar-refractivity contribution is 7.98. The van der Waals surface area contributed by atoms with E-state index in [2.05, 4.69) is 20.6 Å². The number of aromatic nitrogens is 2. The Balaban J connectivity index is 2.45. The molecule has 1 rings (SSSR count). The van der Waals surface area contributed by atoms with E-state index in [0.717, 1.165) is 0 Å². The number of ether oxygens (including phenoxy) is 1. The fraction of sp³-hybridized carbons (Fsp3) is 0.538. The van der Waals surface area contributed by atoms with E-state index < -0.39 is 11.7 Å². The van der Waals surface area contributed by atoms with Gasteiger partial charge in [-0.3, -0.25) is 4.79 Å². The van der Waals surface area contributed by atoms with E-state index in [4.69, 9.17) is 4.74 Å². The van der Waals surface area contributed by atoms with Crippen molar-refractivity contribution in [3.8, 4) is 0 Å². The van der Waals surface area contributed by atoms with Crippen molar-refractivity contribution in [3.63, 3.8) is 0 Å². The fourth-order valence-electron chi connectivity index (χ4n) is 1.36. The third kappa shape index (κ3) is 6.44. The van der Waals surface area contributed by atoms with Crippen molar-refractivity contribution < 1.29 is 14.3 Å². The zero-order valence-corrected chi connectivity index (χ0v) is 13.4. The second kappa shape index (κ2) is 7.82. The number of carbonyl (C=O) groups is 2. The summed E-state index contributed by atoms with van der Waals surface area (Å²) in [5.74, 6) is 0.454. The molecule has 21 heavy (non-hydrogen) atoms. The zero-order chi connectivity index (χ0) is 15.9. The molecule has 2 N–H and O–H groups in total. The molecule has 0 aliphatic heterocycles. The van der Waals surface area contributed by atoms with Crippen LogP contribution in [0.3, 0.4) is 0 Å². The molecule has 7 nitrogen and oxygen atoms in total. The lowest BCUT2D eigenvalue weighted by Crippen LogP contribution is -2.35. The van der Waals surface area contributed by atoms with Gasteiger partial charge in [0, 0.05) is 19.3 Å². The van der Waals surface area contributed by atoms with Crippen molar-refractivity contribution in [2.45, 2.75) is 31.5 Å². The van der Waals surface area contributed by atoms with Crippen LogP contribution in [-0.4, -0.2) is 47.3 Å². The van der Waals surface area contributed by atoms with Crippen LogP contribution in [0.1, 0.15) is 31.1 Å². The molecule has 0 aromatic carbocycles. The van der Waals surface area contributed by atoms with Crippen molar-refractivity contribution >= 4 is 30.0 Å². The quantitative estimate of drug-likeness (QED) is 0.359. The Morgan fingerprint density at radius 3 is 2.71 bits per heavy atom. The standard InChI is InChI=1S/C13H20N4O3S/c1-13(2,3)20-12(19)15-6-5-14-10-9(8-18)7-16-11(17-10)21-4/h7-8H,5-6H2,1-4H3,(H,15,19)(H,14,16,17). The van der Waals surface area contributed by atoms with E-state index in [1.165, 1.54) is 18.0 Å². The summed E-state index contributed by atoms with van der Waals surface area (Å²) in [4.78, 5) is 30.6. The number of thioether (sulfide) groups is 1. The number of hydrogen-bond donors (Lipinski definition) is 2. The highest BCUT2D eigenvalue weighted by Crippen LogP contribution is 2.14. The normalized spacial score (nSPS) is 10.9. The molecule has 0 fully saturated rings. The Morgan fingerprint density at radius 2 is 2.14 bits per heavy atom. The summed E-state index contributed by atoms with van der Waals surface area (Å²) in [6.07, 6.45) is 3.53. The maximum absolute atomic E-state index is 11.4. The van der Waals surface area contributed by atoms with Gasteiger partial charge in [-0.05, 0) is 27.0 Å². The summed E-state index contributed by atoms with van der Waals surface area (Å²) >= 11 is 1.38. The molecule has 1 amide bonds. The number of anilines is 1. The van der Waals surface area contributed by atoms with Gasteiger partial charge in [0.15, 0.2) is 11.4 Å². The summed E-state index contributed by atoms with van der Waals surface area (Å²) in [6, 6.07) is 0. The zero-order valence-electron chi connectivity index (χ0n) is 12.6. The molecule has 1 aromatic rings. The van der Waals surface area contributed by atoms with E-state index in [0.29, 0.717) is 35.9 Å². The van der Waals surface area contributed by atoms with Gasteiger partial charge in [-0.1, -0.05) is 11.8 Å². The molecule has 1 heterocycles. The molecular weight excluding hydrogens is 292 g/mol. The molecule has 0 bridgehead atoms. The highest BCUT2D eigenvalue weighted by Gasteiger charge is 2.15. The van der Waals surface area contributed by atoms with Crippen LogP contribution in [-0.2, 0) is 4.74 Å². The van der Waals surface area contributed by atoms with E-state index in [9.17, 15) is 9.59 Å². The van der Waals surface area contributed by atoms with E-state index in [1.54, 1.807) is 20.8 Å². The molecule has 0 aliphatic rings. The first-order chi connectivity index (χ1) is 9.85. The Hall–Kier alpha value is -1.83. The van der Waals surface area contributed by atoms with Gasteiger partial charge in [0.25, 0.3) is 0 Å². The van der Waals surface area contributed by atoms with Gasteiger partial charge in [0.05, 0.1) is 5.56 Å².